The first-order chi connectivity index (χ1) is 24.8. The van der Waals surface area contributed by atoms with Crippen LogP contribution >= 0.6 is 0 Å². The molecule has 1 amide bonds. The van der Waals surface area contributed by atoms with E-state index in [1.807, 2.05) is 53.7 Å². The Balaban J connectivity index is 0.000000514. The van der Waals surface area contributed by atoms with E-state index in [4.69, 9.17) is 0 Å². The summed E-state index contributed by atoms with van der Waals surface area (Å²) in [5.74, 6) is -1.60. The molecule has 1 heterocycles. The number of carbonyl (C=O) groups is 4. The van der Waals surface area contributed by atoms with Crippen LogP contribution in [0, 0.1) is 50.8 Å². The summed E-state index contributed by atoms with van der Waals surface area (Å²) >= 11 is 0. The topological polar surface area (TPSA) is 104 Å². The van der Waals surface area contributed by atoms with E-state index >= 15 is 0 Å². The summed E-state index contributed by atoms with van der Waals surface area (Å²) in [5, 5.41) is 12.5. The first-order valence-electron chi connectivity index (χ1n) is 19.3. The SMILES string of the molecule is C.C/C=C\C=C(C(C)=O)C(C)=O.CCCN1CC2(CCCC2)C1.Cc1cc(-c2c(C)cc(F)cc2C)cc(C(CC(=O)O)NC(=O)[C@@H](C)CC(C)C)c1C. The second-order valence-corrected chi connectivity index (χ2v) is 15.7. The van der Waals surface area contributed by atoms with Gasteiger partial charge in [-0.05, 0) is 155 Å². The average molecular weight is 749 g/mol. The highest BCUT2D eigenvalue weighted by Gasteiger charge is 2.43. The summed E-state index contributed by atoms with van der Waals surface area (Å²) in [7, 11) is 0. The fourth-order valence-electron chi connectivity index (χ4n) is 7.79. The zero-order valence-electron chi connectivity index (χ0n) is 34.2. The van der Waals surface area contributed by atoms with Crippen molar-refractivity contribution in [1.29, 1.82) is 0 Å². The van der Waals surface area contributed by atoms with Crippen LogP contribution in [0.5, 0.6) is 0 Å². The van der Waals surface area contributed by atoms with Gasteiger partial charge in [-0.15, -0.1) is 0 Å². The van der Waals surface area contributed by atoms with Gasteiger partial charge in [0.1, 0.15) is 5.82 Å². The number of rotatable bonds is 13. The van der Waals surface area contributed by atoms with Crippen LogP contribution in [0.1, 0.15) is 135 Å². The van der Waals surface area contributed by atoms with Crippen molar-refractivity contribution in [2.24, 2.45) is 17.3 Å². The predicted molar refractivity (Wildman–Crippen MR) is 221 cm³/mol. The minimum Gasteiger partial charge on any atom is -0.481 e. The van der Waals surface area contributed by atoms with Gasteiger partial charge >= 0.3 is 5.97 Å². The summed E-state index contributed by atoms with van der Waals surface area (Å²) in [6.45, 7) is 24.7. The number of Topliss-reactive ketones (excluding diaryl/α,β-unsaturated/α-hetero) is 2. The molecule has 1 saturated heterocycles. The molecular weight excluding hydrogens is 680 g/mol. The molecule has 2 aliphatic rings. The molecule has 7 nitrogen and oxygen atoms in total. The average Bonchev–Trinajstić information content (AvgIpc) is 3.52. The highest BCUT2D eigenvalue weighted by Crippen LogP contribution is 2.45. The maximum Gasteiger partial charge on any atom is 0.305 e. The Hall–Kier alpha value is -3.91. The smallest absolute Gasteiger partial charge is 0.305 e. The molecule has 2 N–H and O–H groups in total. The Labute approximate surface area is 325 Å². The quantitative estimate of drug-likeness (QED) is 0.0915. The number of ketones is 2. The van der Waals surface area contributed by atoms with E-state index in [-0.39, 0.29) is 48.6 Å². The molecule has 54 heavy (non-hydrogen) atoms. The Morgan fingerprint density at radius 2 is 1.48 bits per heavy atom. The van der Waals surface area contributed by atoms with Gasteiger partial charge < -0.3 is 15.3 Å². The molecule has 1 aliphatic heterocycles. The minimum absolute atomic E-state index is 0. The van der Waals surface area contributed by atoms with Gasteiger partial charge in [-0.25, -0.2) is 4.39 Å². The molecule has 1 aliphatic carbocycles. The second kappa shape index (κ2) is 22.5. The van der Waals surface area contributed by atoms with Crippen molar-refractivity contribution in [2.45, 2.75) is 135 Å². The number of carboxylic acid groups (broad SMARTS) is 1. The van der Waals surface area contributed by atoms with Crippen molar-refractivity contribution in [3.8, 4) is 11.1 Å². The zero-order chi connectivity index (χ0) is 40.0. The zero-order valence-corrected chi connectivity index (χ0v) is 34.2. The maximum atomic E-state index is 13.8. The van der Waals surface area contributed by atoms with Crippen molar-refractivity contribution in [3.63, 3.8) is 0 Å². The lowest BCUT2D eigenvalue weighted by Gasteiger charge is -2.48. The molecule has 300 valence electrons. The number of likely N-dealkylation sites (tertiary alicyclic amines) is 1. The van der Waals surface area contributed by atoms with Crippen molar-refractivity contribution < 1.29 is 28.7 Å². The monoisotopic (exact) mass is 749 g/mol. The molecule has 0 aromatic heterocycles. The molecule has 4 rings (SSSR count). The molecule has 0 radical (unpaired) electrons. The lowest BCUT2D eigenvalue weighted by atomic mass is 9.78. The minimum atomic E-state index is -0.974. The molecule has 1 spiro atoms. The fourth-order valence-corrected chi connectivity index (χ4v) is 7.79. The predicted octanol–water partition coefficient (Wildman–Crippen LogP) is 10.6. The molecule has 2 aromatic carbocycles. The highest BCUT2D eigenvalue weighted by atomic mass is 19.1. The summed E-state index contributed by atoms with van der Waals surface area (Å²) in [5.41, 5.74) is 7.25. The van der Waals surface area contributed by atoms with E-state index in [0.717, 1.165) is 50.8 Å². The van der Waals surface area contributed by atoms with E-state index in [2.05, 4.69) is 31.0 Å². The summed E-state index contributed by atoms with van der Waals surface area (Å²) < 4.78 is 13.8. The Morgan fingerprint density at radius 1 is 0.926 bits per heavy atom. The summed E-state index contributed by atoms with van der Waals surface area (Å²) in [6, 6.07) is 6.34. The number of halogens is 1. The standard InChI is InChI=1S/C26H34FNO3.C10H19N.C9H12O2.CH4/c1-14(2)8-18(6)26(31)28-23(13-24(29)30)22-12-20(9-15(3)19(22)7)25-16(4)10-21(27)11-17(25)5;1-2-7-11-8-10(9-11)5-3-4-6-10;1-4-5-6-9(7(2)10)8(3)11;/h9-12,14,18,23H,8,13H2,1-7H3,(H,28,31)(H,29,30);2-9H2,1H3;4-6H,1-3H3;1H4/b;;5-4-;/t18-,23?;;;/m0.../s1. The van der Waals surface area contributed by atoms with Gasteiger partial charge in [-0.1, -0.05) is 66.2 Å². The van der Waals surface area contributed by atoms with Crippen LogP contribution in [0.25, 0.3) is 11.1 Å². The third-order valence-electron chi connectivity index (χ3n) is 10.4. The van der Waals surface area contributed by atoms with Crippen LogP contribution in [-0.4, -0.2) is 53.1 Å². The van der Waals surface area contributed by atoms with Crippen LogP contribution < -0.4 is 5.32 Å². The van der Waals surface area contributed by atoms with Crippen LogP contribution in [0.4, 0.5) is 4.39 Å². The van der Waals surface area contributed by atoms with Gasteiger partial charge in [-0.3, -0.25) is 19.2 Å². The van der Waals surface area contributed by atoms with Crippen LogP contribution in [-0.2, 0) is 19.2 Å². The summed E-state index contributed by atoms with van der Waals surface area (Å²) in [4.78, 5) is 48.6. The van der Waals surface area contributed by atoms with E-state index in [9.17, 15) is 28.7 Å². The van der Waals surface area contributed by atoms with Crippen molar-refractivity contribution >= 4 is 23.4 Å². The molecule has 8 heteroatoms. The number of amides is 1. The number of allylic oxidation sites excluding steroid dienone is 4. The molecule has 1 saturated carbocycles. The number of nitrogens with one attached hydrogen (secondary N) is 1. The first-order valence-corrected chi connectivity index (χ1v) is 19.3. The molecular formula is C46H69FN2O5. The molecule has 2 aromatic rings. The van der Waals surface area contributed by atoms with Gasteiger partial charge in [0.15, 0.2) is 11.6 Å². The van der Waals surface area contributed by atoms with E-state index in [1.54, 1.807) is 12.2 Å². The largest absolute Gasteiger partial charge is 0.481 e. The lowest BCUT2D eigenvalue weighted by molar-refractivity contribution is -0.138. The Kier molecular flexibility index (Phi) is 20.0. The van der Waals surface area contributed by atoms with Gasteiger partial charge in [0, 0.05) is 19.0 Å². The van der Waals surface area contributed by atoms with E-state index in [1.165, 1.54) is 83.8 Å². The van der Waals surface area contributed by atoms with Crippen molar-refractivity contribution in [3.05, 3.63) is 81.7 Å². The lowest BCUT2D eigenvalue weighted by Crippen LogP contribution is -2.54. The number of nitrogens with zero attached hydrogens (tertiary/aromatic N) is 1. The molecule has 1 unspecified atom stereocenters. The van der Waals surface area contributed by atoms with Crippen molar-refractivity contribution in [1.82, 2.24) is 10.2 Å². The number of aliphatic carboxylic acids is 1. The third-order valence-corrected chi connectivity index (χ3v) is 10.4. The number of benzene rings is 2. The molecule has 2 atom stereocenters. The Morgan fingerprint density at radius 3 is 1.94 bits per heavy atom. The van der Waals surface area contributed by atoms with Crippen LogP contribution in [0.15, 0.2) is 48.1 Å². The van der Waals surface area contributed by atoms with Crippen LogP contribution in [0.3, 0.4) is 0 Å². The number of hydrogen-bond donors (Lipinski definition) is 2. The van der Waals surface area contributed by atoms with E-state index in [0.29, 0.717) is 5.92 Å². The molecule has 0 bridgehead atoms. The maximum absolute atomic E-state index is 13.8. The number of carbonyl (C=O) groups excluding carboxylic acids is 3. The summed E-state index contributed by atoms with van der Waals surface area (Å²) in [6.07, 6.45) is 12.9. The highest BCUT2D eigenvalue weighted by molar-refractivity contribution is 6.18. The Bertz CT molecular complexity index is 1600. The van der Waals surface area contributed by atoms with Gasteiger partial charge in [-0.2, -0.15) is 0 Å². The van der Waals surface area contributed by atoms with Gasteiger partial charge in [0.05, 0.1) is 18.0 Å². The number of aryl methyl sites for hydroxylation is 3. The second-order valence-electron chi connectivity index (χ2n) is 15.7. The van der Waals surface area contributed by atoms with Gasteiger partial charge in [0.2, 0.25) is 5.91 Å². The van der Waals surface area contributed by atoms with Crippen molar-refractivity contribution in [2.75, 3.05) is 19.6 Å². The first kappa shape index (κ1) is 48.1. The van der Waals surface area contributed by atoms with Crippen LogP contribution in [0.2, 0.25) is 0 Å². The number of carboxylic acids is 1. The van der Waals surface area contributed by atoms with Gasteiger partial charge in [0.25, 0.3) is 0 Å². The fraction of sp³-hybridized carbons (Fsp3) is 0.565. The number of hydrogen-bond acceptors (Lipinski definition) is 5. The molecule has 2 fully saturated rings. The third kappa shape index (κ3) is 14.4. The normalized spacial score (nSPS) is 15.5. The van der Waals surface area contributed by atoms with E-state index < -0.39 is 12.0 Å².